The number of hydrogen-bond acceptors (Lipinski definition) is 2. The first-order valence-electron chi connectivity index (χ1n) is 5.61. The Balaban J connectivity index is 2.48. The summed E-state index contributed by atoms with van der Waals surface area (Å²) in [6.07, 6.45) is 6.54. The van der Waals surface area contributed by atoms with Crippen LogP contribution in [0.15, 0.2) is 0 Å². The van der Waals surface area contributed by atoms with Crippen molar-refractivity contribution < 1.29 is 5.11 Å². The summed E-state index contributed by atoms with van der Waals surface area (Å²) in [5, 5.41) is 12.6. The van der Waals surface area contributed by atoms with Gasteiger partial charge in [-0.25, -0.2) is 0 Å². The molecule has 0 spiro atoms. The third-order valence-corrected chi connectivity index (χ3v) is 3.51. The Hall–Kier alpha value is -0.0800. The van der Waals surface area contributed by atoms with Gasteiger partial charge in [0.1, 0.15) is 0 Å². The summed E-state index contributed by atoms with van der Waals surface area (Å²) in [5.74, 6) is 1.26. The molecular formula is C11H23NO. The summed E-state index contributed by atoms with van der Waals surface area (Å²) in [6, 6.07) is 0.539. The van der Waals surface area contributed by atoms with E-state index in [1.807, 2.05) is 7.05 Å². The normalized spacial score (nSPS) is 23.3. The maximum Gasteiger partial charge on any atom is 0.0474 e. The molecule has 1 rings (SSSR count). The lowest BCUT2D eigenvalue weighted by atomic mass is 9.86. The van der Waals surface area contributed by atoms with E-state index in [1.54, 1.807) is 0 Å². The first kappa shape index (κ1) is 11.0. The number of aliphatic hydroxyl groups excluding tert-OH is 1. The third kappa shape index (κ3) is 2.68. The fourth-order valence-corrected chi connectivity index (χ4v) is 2.67. The summed E-state index contributed by atoms with van der Waals surface area (Å²) in [6.45, 7) is 2.50. The van der Waals surface area contributed by atoms with E-state index in [1.165, 1.54) is 25.7 Å². The molecule has 0 amide bonds. The van der Waals surface area contributed by atoms with Gasteiger partial charge in [0.2, 0.25) is 0 Å². The van der Waals surface area contributed by atoms with Crippen LogP contribution in [0.5, 0.6) is 0 Å². The molecule has 0 radical (unpaired) electrons. The van der Waals surface area contributed by atoms with Crippen molar-refractivity contribution in [3.05, 3.63) is 0 Å². The molecule has 0 aromatic carbocycles. The molecule has 1 fully saturated rings. The Bertz CT molecular complexity index is 126. The molecule has 0 bridgehead atoms. The smallest absolute Gasteiger partial charge is 0.0474 e. The van der Waals surface area contributed by atoms with Gasteiger partial charge in [0, 0.05) is 12.6 Å². The van der Waals surface area contributed by atoms with Crippen LogP contribution in [-0.4, -0.2) is 24.8 Å². The molecule has 2 nitrogen and oxygen atoms in total. The van der Waals surface area contributed by atoms with E-state index in [2.05, 4.69) is 12.2 Å². The highest BCUT2D eigenvalue weighted by Crippen LogP contribution is 2.31. The molecule has 2 unspecified atom stereocenters. The number of rotatable bonds is 5. The van der Waals surface area contributed by atoms with Crippen molar-refractivity contribution in [2.75, 3.05) is 13.7 Å². The minimum absolute atomic E-state index is 0.332. The molecule has 2 N–H and O–H groups in total. The highest BCUT2D eigenvalue weighted by Gasteiger charge is 2.28. The van der Waals surface area contributed by atoms with Gasteiger partial charge in [-0.2, -0.15) is 0 Å². The first-order valence-corrected chi connectivity index (χ1v) is 5.61. The topological polar surface area (TPSA) is 32.3 Å². The van der Waals surface area contributed by atoms with Crippen LogP contribution in [0, 0.1) is 11.8 Å². The highest BCUT2D eigenvalue weighted by molar-refractivity contribution is 4.84. The molecule has 2 atom stereocenters. The van der Waals surface area contributed by atoms with Crippen LogP contribution in [0.2, 0.25) is 0 Å². The molecular weight excluding hydrogens is 162 g/mol. The molecule has 78 valence electrons. The second-order valence-electron chi connectivity index (χ2n) is 4.21. The van der Waals surface area contributed by atoms with E-state index in [4.69, 9.17) is 0 Å². The summed E-state index contributed by atoms with van der Waals surface area (Å²) in [4.78, 5) is 0. The Morgan fingerprint density at radius 3 is 2.38 bits per heavy atom. The van der Waals surface area contributed by atoms with Gasteiger partial charge in [0.15, 0.2) is 0 Å². The van der Waals surface area contributed by atoms with E-state index in [0.29, 0.717) is 18.6 Å². The van der Waals surface area contributed by atoms with Crippen LogP contribution in [0.4, 0.5) is 0 Å². The highest BCUT2D eigenvalue weighted by atomic mass is 16.3. The van der Waals surface area contributed by atoms with Gasteiger partial charge < -0.3 is 10.4 Å². The van der Waals surface area contributed by atoms with Crippen molar-refractivity contribution in [3.8, 4) is 0 Å². The van der Waals surface area contributed by atoms with Gasteiger partial charge in [-0.1, -0.05) is 19.8 Å². The van der Waals surface area contributed by atoms with Crippen molar-refractivity contribution in [1.29, 1.82) is 0 Å². The largest absolute Gasteiger partial charge is 0.396 e. The molecule has 0 aliphatic heterocycles. The van der Waals surface area contributed by atoms with Gasteiger partial charge in [-0.3, -0.25) is 0 Å². The van der Waals surface area contributed by atoms with Crippen LogP contribution in [-0.2, 0) is 0 Å². The molecule has 13 heavy (non-hydrogen) atoms. The fourth-order valence-electron chi connectivity index (χ4n) is 2.67. The van der Waals surface area contributed by atoms with Crippen LogP contribution < -0.4 is 5.32 Å². The van der Waals surface area contributed by atoms with E-state index in [9.17, 15) is 5.11 Å². The van der Waals surface area contributed by atoms with Gasteiger partial charge >= 0.3 is 0 Å². The molecule has 1 aliphatic rings. The third-order valence-electron chi connectivity index (χ3n) is 3.51. The standard InChI is InChI=1S/C11H23NO/c1-3-9(8-13)11(12-2)10-6-4-5-7-10/h9-13H,3-8H2,1-2H3. The van der Waals surface area contributed by atoms with E-state index >= 15 is 0 Å². The maximum absolute atomic E-state index is 9.25. The molecule has 0 aromatic heterocycles. The molecule has 1 saturated carbocycles. The lowest BCUT2D eigenvalue weighted by molar-refractivity contribution is 0.159. The molecule has 0 heterocycles. The monoisotopic (exact) mass is 185 g/mol. The fraction of sp³-hybridized carbons (Fsp3) is 1.00. The second kappa shape index (κ2) is 5.61. The maximum atomic E-state index is 9.25. The zero-order chi connectivity index (χ0) is 9.68. The number of hydrogen-bond donors (Lipinski definition) is 2. The predicted molar refractivity (Wildman–Crippen MR) is 55.7 cm³/mol. The quantitative estimate of drug-likeness (QED) is 0.684. The number of nitrogens with one attached hydrogen (secondary N) is 1. The van der Waals surface area contributed by atoms with Crippen molar-refractivity contribution in [3.63, 3.8) is 0 Å². The van der Waals surface area contributed by atoms with Crippen LogP contribution >= 0.6 is 0 Å². The van der Waals surface area contributed by atoms with Crippen molar-refractivity contribution in [1.82, 2.24) is 5.32 Å². The van der Waals surface area contributed by atoms with Crippen molar-refractivity contribution >= 4 is 0 Å². The molecule has 0 aromatic rings. The van der Waals surface area contributed by atoms with Gasteiger partial charge in [0.25, 0.3) is 0 Å². The Morgan fingerprint density at radius 2 is 2.00 bits per heavy atom. The Labute approximate surface area is 81.7 Å². The molecule has 2 heteroatoms. The zero-order valence-corrected chi connectivity index (χ0v) is 8.92. The average molecular weight is 185 g/mol. The Kier molecular flexibility index (Phi) is 4.74. The van der Waals surface area contributed by atoms with E-state index in [-0.39, 0.29) is 0 Å². The van der Waals surface area contributed by atoms with Crippen LogP contribution in [0.3, 0.4) is 0 Å². The SMILES string of the molecule is CCC(CO)C(NC)C1CCCC1. The number of aliphatic hydroxyl groups is 1. The predicted octanol–water partition coefficient (Wildman–Crippen LogP) is 1.78. The van der Waals surface area contributed by atoms with Gasteiger partial charge in [-0.05, 0) is 38.1 Å². The van der Waals surface area contributed by atoms with Gasteiger partial charge in [-0.15, -0.1) is 0 Å². The summed E-state index contributed by atoms with van der Waals surface area (Å²) in [7, 11) is 2.03. The minimum Gasteiger partial charge on any atom is -0.396 e. The lowest BCUT2D eigenvalue weighted by Crippen LogP contribution is -2.40. The van der Waals surface area contributed by atoms with Gasteiger partial charge in [0.05, 0.1) is 0 Å². The second-order valence-corrected chi connectivity index (χ2v) is 4.21. The van der Waals surface area contributed by atoms with E-state index in [0.717, 1.165) is 12.3 Å². The summed E-state index contributed by atoms with van der Waals surface area (Å²) < 4.78 is 0. The lowest BCUT2D eigenvalue weighted by Gasteiger charge is -2.29. The first-order chi connectivity index (χ1) is 6.33. The Morgan fingerprint density at radius 1 is 1.38 bits per heavy atom. The molecule has 1 aliphatic carbocycles. The van der Waals surface area contributed by atoms with E-state index < -0.39 is 0 Å². The summed E-state index contributed by atoms with van der Waals surface area (Å²) in [5.41, 5.74) is 0. The van der Waals surface area contributed by atoms with Crippen molar-refractivity contribution in [2.24, 2.45) is 11.8 Å². The molecule has 0 saturated heterocycles. The van der Waals surface area contributed by atoms with Crippen molar-refractivity contribution in [2.45, 2.75) is 45.1 Å². The summed E-state index contributed by atoms with van der Waals surface area (Å²) >= 11 is 0. The van der Waals surface area contributed by atoms with Crippen LogP contribution in [0.25, 0.3) is 0 Å². The average Bonchev–Trinajstić information content (AvgIpc) is 2.66. The van der Waals surface area contributed by atoms with Crippen LogP contribution in [0.1, 0.15) is 39.0 Å². The zero-order valence-electron chi connectivity index (χ0n) is 8.92. The minimum atomic E-state index is 0.332.